The number of halogens is 3. The summed E-state index contributed by atoms with van der Waals surface area (Å²) >= 11 is 0. The highest BCUT2D eigenvalue weighted by Crippen LogP contribution is 2.22. The summed E-state index contributed by atoms with van der Waals surface area (Å²) in [6, 6.07) is 4.11. The fraction of sp³-hybridized carbons (Fsp3) is 0.294. The van der Waals surface area contributed by atoms with Crippen molar-refractivity contribution in [3.05, 3.63) is 59.3 Å². The molecule has 3 aromatic rings. The molecule has 3 heterocycles. The maximum atomic E-state index is 13.9. The molecule has 0 amide bonds. The van der Waals surface area contributed by atoms with E-state index in [0.717, 1.165) is 37.8 Å². The highest BCUT2D eigenvalue weighted by atomic mass is 19.2. The van der Waals surface area contributed by atoms with E-state index in [1.807, 2.05) is 10.7 Å². The lowest BCUT2D eigenvalue weighted by molar-refractivity contribution is 0.439. The van der Waals surface area contributed by atoms with Crippen LogP contribution in [-0.4, -0.2) is 25.9 Å². The number of imidazole rings is 1. The lowest BCUT2D eigenvalue weighted by Crippen LogP contribution is -2.11. The number of fused-ring (bicyclic) bond motifs is 1. The second kappa shape index (κ2) is 6.36. The standard InChI is InChI=1S/C17H16F3N5/c18-13-3-2-11(15(19)16(13)20)10-24-7-5-22-17(24)14-8-12-9-21-4-1-6-25(12)23-14/h2-3,5,7-8,21H,1,4,6,9-10H2. The van der Waals surface area contributed by atoms with Gasteiger partial charge in [-0.15, -0.1) is 0 Å². The zero-order chi connectivity index (χ0) is 17.4. The highest BCUT2D eigenvalue weighted by Gasteiger charge is 2.18. The third-order valence-corrected chi connectivity index (χ3v) is 4.29. The van der Waals surface area contributed by atoms with Gasteiger partial charge in [0.15, 0.2) is 23.3 Å². The Morgan fingerprint density at radius 1 is 1.16 bits per heavy atom. The first-order chi connectivity index (χ1) is 12.1. The lowest BCUT2D eigenvalue weighted by atomic mass is 10.2. The number of nitrogens with one attached hydrogen (secondary N) is 1. The van der Waals surface area contributed by atoms with Gasteiger partial charge in [-0.3, -0.25) is 4.68 Å². The summed E-state index contributed by atoms with van der Waals surface area (Å²) < 4.78 is 44.1. The molecule has 1 aromatic carbocycles. The van der Waals surface area contributed by atoms with E-state index in [0.29, 0.717) is 11.5 Å². The van der Waals surface area contributed by atoms with Crippen molar-refractivity contribution >= 4 is 0 Å². The first-order valence-electron chi connectivity index (χ1n) is 8.05. The van der Waals surface area contributed by atoms with Gasteiger partial charge < -0.3 is 9.88 Å². The fourth-order valence-electron chi connectivity index (χ4n) is 3.01. The Kier molecular flexibility index (Phi) is 4.04. The zero-order valence-corrected chi connectivity index (χ0v) is 13.3. The number of benzene rings is 1. The Morgan fingerprint density at radius 2 is 2.04 bits per heavy atom. The average Bonchev–Trinajstić information content (AvgIpc) is 3.17. The first-order valence-corrected chi connectivity index (χ1v) is 8.05. The van der Waals surface area contributed by atoms with Crippen LogP contribution in [0.1, 0.15) is 17.7 Å². The van der Waals surface area contributed by atoms with E-state index < -0.39 is 17.5 Å². The molecule has 0 radical (unpaired) electrons. The Labute approximate surface area is 142 Å². The van der Waals surface area contributed by atoms with E-state index in [9.17, 15) is 13.2 Å². The quantitative estimate of drug-likeness (QED) is 0.741. The van der Waals surface area contributed by atoms with Gasteiger partial charge in [0.05, 0.1) is 12.2 Å². The van der Waals surface area contributed by atoms with Crippen LogP contribution in [0.15, 0.2) is 30.6 Å². The molecule has 4 rings (SSSR count). The molecule has 25 heavy (non-hydrogen) atoms. The van der Waals surface area contributed by atoms with Crippen molar-refractivity contribution in [1.29, 1.82) is 0 Å². The zero-order valence-electron chi connectivity index (χ0n) is 13.3. The molecule has 130 valence electrons. The fourth-order valence-corrected chi connectivity index (χ4v) is 3.01. The van der Waals surface area contributed by atoms with Crippen LogP contribution in [0.5, 0.6) is 0 Å². The monoisotopic (exact) mass is 347 g/mol. The molecular weight excluding hydrogens is 331 g/mol. The van der Waals surface area contributed by atoms with Crippen molar-refractivity contribution in [3.8, 4) is 11.5 Å². The van der Waals surface area contributed by atoms with Gasteiger partial charge in [-0.2, -0.15) is 5.10 Å². The molecule has 0 unspecified atom stereocenters. The normalized spacial score (nSPS) is 14.4. The Balaban J connectivity index is 1.67. The maximum absolute atomic E-state index is 13.9. The van der Waals surface area contributed by atoms with Crippen molar-refractivity contribution in [2.24, 2.45) is 0 Å². The molecule has 0 fully saturated rings. The van der Waals surface area contributed by atoms with Gasteiger partial charge >= 0.3 is 0 Å². The van der Waals surface area contributed by atoms with Crippen LogP contribution in [0, 0.1) is 17.5 Å². The van der Waals surface area contributed by atoms with Crippen LogP contribution < -0.4 is 5.32 Å². The largest absolute Gasteiger partial charge is 0.325 e. The molecule has 0 saturated heterocycles. The van der Waals surface area contributed by atoms with Crippen LogP contribution in [0.25, 0.3) is 11.5 Å². The minimum Gasteiger partial charge on any atom is -0.325 e. The summed E-state index contributed by atoms with van der Waals surface area (Å²) in [5, 5.41) is 7.90. The third-order valence-electron chi connectivity index (χ3n) is 4.29. The summed E-state index contributed by atoms with van der Waals surface area (Å²) in [4.78, 5) is 4.30. The Bertz CT molecular complexity index is 892. The second-order valence-electron chi connectivity index (χ2n) is 5.99. The highest BCUT2D eigenvalue weighted by molar-refractivity contribution is 5.50. The van der Waals surface area contributed by atoms with Crippen molar-refractivity contribution in [3.63, 3.8) is 0 Å². The third kappa shape index (κ3) is 2.93. The molecule has 0 bridgehead atoms. The Hall–Kier alpha value is -2.61. The van der Waals surface area contributed by atoms with Crippen molar-refractivity contribution in [2.45, 2.75) is 26.1 Å². The first kappa shape index (κ1) is 15.9. The Morgan fingerprint density at radius 3 is 2.92 bits per heavy atom. The average molecular weight is 347 g/mol. The number of nitrogens with zero attached hydrogens (tertiary/aromatic N) is 4. The molecule has 1 aliphatic heterocycles. The van der Waals surface area contributed by atoms with Gasteiger partial charge in [0.1, 0.15) is 5.69 Å². The predicted molar refractivity (Wildman–Crippen MR) is 85.2 cm³/mol. The summed E-state index contributed by atoms with van der Waals surface area (Å²) in [5.74, 6) is -3.27. The summed E-state index contributed by atoms with van der Waals surface area (Å²) in [7, 11) is 0. The van der Waals surface area contributed by atoms with Crippen molar-refractivity contribution in [1.82, 2.24) is 24.6 Å². The molecule has 0 spiro atoms. The van der Waals surface area contributed by atoms with Gasteiger partial charge in [-0.1, -0.05) is 6.07 Å². The molecule has 2 aromatic heterocycles. The van der Waals surface area contributed by atoms with Gasteiger partial charge in [-0.05, 0) is 25.1 Å². The van der Waals surface area contributed by atoms with Crippen LogP contribution in [0.4, 0.5) is 13.2 Å². The van der Waals surface area contributed by atoms with Crippen LogP contribution in [-0.2, 0) is 19.6 Å². The number of rotatable bonds is 3. The molecule has 8 heteroatoms. The minimum absolute atomic E-state index is 0.0405. The molecule has 1 N–H and O–H groups in total. The summed E-state index contributed by atoms with van der Waals surface area (Å²) in [5.41, 5.74) is 1.79. The molecule has 1 aliphatic rings. The van der Waals surface area contributed by atoms with Gasteiger partial charge in [-0.25, -0.2) is 18.2 Å². The molecular formula is C17H16F3N5. The van der Waals surface area contributed by atoms with E-state index in [-0.39, 0.29) is 12.1 Å². The van der Waals surface area contributed by atoms with Gasteiger partial charge in [0.25, 0.3) is 0 Å². The molecule has 0 atom stereocenters. The second-order valence-corrected chi connectivity index (χ2v) is 5.99. The van der Waals surface area contributed by atoms with E-state index in [4.69, 9.17) is 0 Å². The molecule has 0 aliphatic carbocycles. The van der Waals surface area contributed by atoms with E-state index in [1.54, 1.807) is 17.0 Å². The molecule has 5 nitrogen and oxygen atoms in total. The lowest BCUT2D eigenvalue weighted by Gasteiger charge is -2.08. The minimum atomic E-state index is -1.46. The smallest absolute Gasteiger partial charge is 0.194 e. The summed E-state index contributed by atoms with van der Waals surface area (Å²) in [6.45, 7) is 2.54. The maximum Gasteiger partial charge on any atom is 0.194 e. The predicted octanol–water partition coefficient (Wildman–Crippen LogP) is 2.71. The SMILES string of the molecule is Fc1ccc(Cn2ccnc2-c2cc3n(n2)CCCNC3)c(F)c1F. The topological polar surface area (TPSA) is 47.7 Å². The number of hydrogen-bond acceptors (Lipinski definition) is 3. The van der Waals surface area contributed by atoms with Crippen molar-refractivity contribution in [2.75, 3.05) is 6.54 Å². The van der Waals surface area contributed by atoms with Crippen LogP contribution in [0.2, 0.25) is 0 Å². The van der Waals surface area contributed by atoms with Crippen LogP contribution >= 0.6 is 0 Å². The van der Waals surface area contributed by atoms with Gasteiger partial charge in [0, 0.05) is 31.0 Å². The van der Waals surface area contributed by atoms with E-state index in [2.05, 4.69) is 15.4 Å². The number of hydrogen-bond donors (Lipinski definition) is 1. The van der Waals surface area contributed by atoms with Crippen LogP contribution in [0.3, 0.4) is 0 Å². The van der Waals surface area contributed by atoms with E-state index in [1.165, 1.54) is 6.07 Å². The van der Waals surface area contributed by atoms with E-state index >= 15 is 0 Å². The van der Waals surface area contributed by atoms with Gasteiger partial charge in [0.2, 0.25) is 0 Å². The summed E-state index contributed by atoms with van der Waals surface area (Å²) in [6.07, 6.45) is 4.23. The molecule has 0 saturated carbocycles. The number of aromatic nitrogens is 4. The number of aryl methyl sites for hydroxylation is 1. The van der Waals surface area contributed by atoms with Crippen molar-refractivity contribution < 1.29 is 13.2 Å².